The molecule has 6 heteroatoms. The minimum atomic E-state index is 0.357. The molecule has 0 amide bonds. The lowest BCUT2D eigenvalue weighted by Crippen LogP contribution is -1.93. The number of hydrogen-bond donors (Lipinski definition) is 0. The van der Waals surface area contributed by atoms with Crippen molar-refractivity contribution in [3.63, 3.8) is 0 Å². The van der Waals surface area contributed by atoms with Gasteiger partial charge in [0.25, 0.3) is 0 Å². The molecule has 0 bridgehead atoms. The van der Waals surface area contributed by atoms with E-state index in [0.29, 0.717) is 27.0 Å². The number of aryl methyl sites for hydroxylation is 1. The number of thioether (sulfide) groups is 1. The molecule has 2 rings (SSSR count). The number of hydrogen-bond acceptors (Lipinski definition) is 4. The first kappa shape index (κ1) is 13.5. The summed E-state index contributed by atoms with van der Waals surface area (Å²) in [7, 11) is 0. The van der Waals surface area contributed by atoms with Crippen molar-refractivity contribution in [3.05, 3.63) is 40.0 Å². The number of nitrogens with zero attached hydrogens (tertiary/aromatic N) is 2. The highest BCUT2D eigenvalue weighted by Gasteiger charge is 2.06. The standard InChI is InChI=1S/C12H10Cl2N2OS/c1-7-5-8(3-4-9(7)13)17-11-6-10(14)15-12(16-11)18-2/h3-6H,1-2H3. The zero-order valence-corrected chi connectivity index (χ0v) is 12.1. The first-order valence-electron chi connectivity index (χ1n) is 5.11. The predicted molar refractivity (Wildman–Crippen MR) is 75.1 cm³/mol. The fourth-order valence-corrected chi connectivity index (χ4v) is 2.03. The number of halogens is 2. The van der Waals surface area contributed by atoms with E-state index in [9.17, 15) is 0 Å². The quantitative estimate of drug-likeness (QED) is 0.471. The lowest BCUT2D eigenvalue weighted by molar-refractivity contribution is 0.455. The molecule has 0 saturated carbocycles. The van der Waals surface area contributed by atoms with Gasteiger partial charge in [0.15, 0.2) is 5.16 Å². The van der Waals surface area contributed by atoms with Crippen molar-refractivity contribution in [2.45, 2.75) is 12.1 Å². The van der Waals surface area contributed by atoms with Crippen LogP contribution in [0.1, 0.15) is 5.56 Å². The highest BCUT2D eigenvalue weighted by molar-refractivity contribution is 7.98. The smallest absolute Gasteiger partial charge is 0.224 e. The fourth-order valence-electron chi connectivity index (χ4n) is 1.32. The topological polar surface area (TPSA) is 35.0 Å². The lowest BCUT2D eigenvalue weighted by atomic mass is 10.2. The van der Waals surface area contributed by atoms with Crippen molar-refractivity contribution >= 4 is 35.0 Å². The summed E-state index contributed by atoms with van der Waals surface area (Å²) in [6.07, 6.45) is 1.88. The van der Waals surface area contributed by atoms with Crippen LogP contribution in [-0.2, 0) is 0 Å². The summed E-state index contributed by atoms with van der Waals surface area (Å²) < 4.78 is 5.63. The SMILES string of the molecule is CSc1nc(Cl)cc(Oc2ccc(Cl)c(C)c2)n1. The fraction of sp³-hybridized carbons (Fsp3) is 0.167. The average Bonchev–Trinajstić information content (AvgIpc) is 2.33. The maximum absolute atomic E-state index is 5.95. The van der Waals surface area contributed by atoms with Gasteiger partial charge in [0.1, 0.15) is 10.9 Å². The summed E-state index contributed by atoms with van der Waals surface area (Å²) in [5.74, 6) is 1.08. The van der Waals surface area contributed by atoms with E-state index in [2.05, 4.69) is 9.97 Å². The Balaban J connectivity index is 2.27. The Morgan fingerprint density at radius 1 is 1.17 bits per heavy atom. The molecule has 0 aliphatic carbocycles. The second-order valence-electron chi connectivity index (χ2n) is 3.53. The van der Waals surface area contributed by atoms with Crippen LogP contribution in [0, 0.1) is 6.92 Å². The van der Waals surface area contributed by atoms with Gasteiger partial charge in [-0.15, -0.1) is 0 Å². The van der Waals surface area contributed by atoms with Crippen LogP contribution < -0.4 is 4.74 Å². The zero-order chi connectivity index (χ0) is 13.1. The van der Waals surface area contributed by atoms with Crippen LogP contribution in [0.25, 0.3) is 0 Å². The molecule has 0 spiro atoms. The molecular weight excluding hydrogens is 291 g/mol. The predicted octanol–water partition coefficient (Wildman–Crippen LogP) is 4.61. The summed E-state index contributed by atoms with van der Waals surface area (Å²) >= 11 is 13.2. The first-order chi connectivity index (χ1) is 8.58. The van der Waals surface area contributed by atoms with E-state index in [-0.39, 0.29) is 0 Å². The maximum Gasteiger partial charge on any atom is 0.224 e. The van der Waals surface area contributed by atoms with Crippen LogP contribution in [0.4, 0.5) is 0 Å². The molecule has 94 valence electrons. The minimum Gasteiger partial charge on any atom is -0.439 e. The van der Waals surface area contributed by atoms with Gasteiger partial charge in [0.05, 0.1) is 0 Å². The van der Waals surface area contributed by atoms with Gasteiger partial charge in [0.2, 0.25) is 5.88 Å². The van der Waals surface area contributed by atoms with Gasteiger partial charge in [-0.2, -0.15) is 4.98 Å². The van der Waals surface area contributed by atoms with Crippen LogP contribution >= 0.6 is 35.0 Å². The van der Waals surface area contributed by atoms with Crippen molar-refractivity contribution in [1.29, 1.82) is 0 Å². The summed E-state index contributed by atoms with van der Waals surface area (Å²) in [4.78, 5) is 8.25. The summed E-state index contributed by atoms with van der Waals surface area (Å²) in [5, 5.41) is 1.63. The van der Waals surface area contributed by atoms with Crippen molar-refractivity contribution < 1.29 is 4.74 Å². The first-order valence-corrected chi connectivity index (χ1v) is 7.09. The summed E-state index contributed by atoms with van der Waals surface area (Å²) in [6.45, 7) is 1.91. The molecule has 0 aliphatic heterocycles. The molecule has 18 heavy (non-hydrogen) atoms. The molecule has 1 aromatic carbocycles. The summed E-state index contributed by atoms with van der Waals surface area (Å²) in [5.41, 5.74) is 0.944. The second kappa shape index (κ2) is 5.78. The molecule has 0 unspecified atom stereocenters. The van der Waals surface area contributed by atoms with Crippen LogP contribution in [0.5, 0.6) is 11.6 Å². The van der Waals surface area contributed by atoms with Gasteiger partial charge >= 0.3 is 0 Å². The van der Waals surface area contributed by atoms with E-state index in [1.807, 2.05) is 19.2 Å². The highest BCUT2D eigenvalue weighted by Crippen LogP contribution is 2.27. The Bertz CT molecular complexity index is 578. The molecule has 1 aromatic heterocycles. The Hall–Kier alpha value is -0.970. The maximum atomic E-state index is 5.95. The molecule has 0 saturated heterocycles. The van der Waals surface area contributed by atoms with E-state index in [0.717, 1.165) is 5.56 Å². The number of rotatable bonds is 3. The summed E-state index contributed by atoms with van der Waals surface area (Å²) in [6, 6.07) is 6.98. The zero-order valence-electron chi connectivity index (χ0n) is 9.78. The van der Waals surface area contributed by atoms with Crippen molar-refractivity contribution in [2.24, 2.45) is 0 Å². The molecular formula is C12H10Cl2N2OS. The third-order valence-corrected chi connectivity index (χ3v) is 3.35. The molecule has 0 aliphatic rings. The van der Waals surface area contributed by atoms with Crippen molar-refractivity contribution in [2.75, 3.05) is 6.26 Å². The normalized spacial score (nSPS) is 10.4. The highest BCUT2D eigenvalue weighted by atomic mass is 35.5. The van der Waals surface area contributed by atoms with Crippen LogP contribution in [0.15, 0.2) is 29.4 Å². The van der Waals surface area contributed by atoms with Gasteiger partial charge in [-0.1, -0.05) is 35.0 Å². The second-order valence-corrected chi connectivity index (χ2v) is 5.10. The van der Waals surface area contributed by atoms with Gasteiger partial charge in [-0.25, -0.2) is 4.98 Å². The van der Waals surface area contributed by atoms with Gasteiger partial charge in [0, 0.05) is 11.1 Å². The van der Waals surface area contributed by atoms with E-state index in [1.54, 1.807) is 18.2 Å². The monoisotopic (exact) mass is 300 g/mol. The molecule has 3 nitrogen and oxygen atoms in total. The number of aromatic nitrogens is 2. The van der Waals surface area contributed by atoms with E-state index in [1.165, 1.54) is 11.8 Å². The minimum absolute atomic E-state index is 0.357. The lowest BCUT2D eigenvalue weighted by Gasteiger charge is -2.07. The molecule has 0 fully saturated rings. The third kappa shape index (κ3) is 3.28. The number of ether oxygens (including phenoxy) is 1. The van der Waals surface area contributed by atoms with Gasteiger partial charge in [-0.3, -0.25) is 0 Å². The third-order valence-electron chi connectivity index (χ3n) is 2.19. The van der Waals surface area contributed by atoms with E-state index < -0.39 is 0 Å². The molecule has 1 heterocycles. The Morgan fingerprint density at radius 2 is 1.94 bits per heavy atom. The van der Waals surface area contributed by atoms with Crippen LogP contribution in [-0.4, -0.2) is 16.2 Å². The van der Waals surface area contributed by atoms with Crippen LogP contribution in [0.3, 0.4) is 0 Å². The van der Waals surface area contributed by atoms with E-state index in [4.69, 9.17) is 27.9 Å². The molecule has 0 radical (unpaired) electrons. The van der Waals surface area contributed by atoms with Crippen molar-refractivity contribution in [1.82, 2.24) is 9.97 Å². The van der Waals surface area contributed by atoms with Gasteiger partial charge in [-0.05, 0) is 36.9 Å². The van der Waals surface area contributed by atoms with E-state index >= 15 is 0 Å². The largest absolute Gasteiger partial charge is 0.439 e. The van der Waals surface area contributed by atoms with Gasteiger partial charge < -0.3 is 4.74 Å². The van der Waals surface area contributed by atoms with Crippen LogP contribution in [0.2, 0.25) is 10.2 Å². The Morgan fingerprint density at radius 3 is 2.61 bits per heavy atom. The molecule has 0 N–H and O–H groups in total. The molecule has 0 atom stereocenters. The number of benzene rings is 1. The Kier molecular flexibility index (Phi) is 4.32. The van der Waals surface area contributed by atoms with Crippen molar-refractivity contribution in [3.8, 4) is 11.6 Å². The Labute approximate surface area is 120 Å². The average molecular weight is 301 g/mol. The molecule has 2 aromatic rings.